The number of aryl methyl sites for hydroxylation is 1. The fourth-order valence-corrected chi connectivity index (χ4v) is 4.61. The highest BCUT2D eigenvalue weighted by atomic mass is 16.5. The number of unbranched alkanes of at least 4 members (excludes halogenated alkanes) is 8. The molecular weight excluding hydrogens is 436 g/mol. The van der Waals surface area contributed by atoms with Crippen LogP contribution in [0.1, 0.15) is 96.5 Å². The zero-order valence-corrected chi connectivity index (χ0v) is 21.7. The second kappa shape index (κ2) is 13.9. The molecule has 0 saturated carbocycles. The van der Waals surface area contributed by atoms with Crippen molar-refractivity contribution in [1.82, 2.24) is 0 Å². The van der Waals surface area contributed by atoms with Gasteiger partial charge in [-0.25, -0.2) is 0 Å². The Morgan fingerprint density at radius 3 is 1.66 bits per heavy atom. The maximum absolute atomic E-state index is 12.8. The lowest BCUT2D eigenvalue weighted by Crippen LogP contribution is -2.11. The maximum atomic E-state index is 12.8. The van der Waals surface area contributed by atoms with Gasteiger partial charge in [0.05, 0.1) is 0 Å². The summed E-state index contributed by atoms with van der Waals surface area (Å²) in [6.07, 6.45) is 11.6. The summed E-state index contributed by atoms with van der Waals surface area (Å²) in [6, 6.07) is 13.6. The van der Waals surface area contributed by atoms with Gasteiger partial charge in [0, 0.05) is 34.4 Å². The summed E-state index contributed by atoms with van der Waals surface area (Å²) in [5, 5.41) is 3.21. The van der Waals surface area contributed by atoms with Gasteiger partial charge in [0.15, 0.2) is 0 Å². The van der Waals surface area contributed by atoms with Gasteiger partial charge in [-0.05, 0) is 25.3 Å². The zero-order chi connectivity index (χ0) is 25.0. The van der Waals surface area contributed by atoms with Gasteiger partial charge in [-0.15, -0.1) is 0 Å². The van der Waals surface area contributed by atoms with Crippen LogP contribution in [0.3, 0.4) is 0 Å². The Balaban J connectivity index is 1.89. The monoisotopic (exact) mass is 476 g/mol. The van der Waals surface area contributed by atoms with Crippen molar-refractivity contribution >= 4 is 33.5 Å². The second-order valence-corrected chi connectivity index (χ2v) is 9.48. The zero-order valence-electron chi connectivity index (χ0n) is 21.7. The van der Waals surface area contributed by atoms with E-state index in [0.29, 0.717) is 24.3 Å². The Morgan fingerprint density at radius 1 is 0.600 bits per heavy atom. The summed E-state index contributed by atoms with van der Waals surface area (Å²) >= 11 is 0. The minimum absolute atomic E-state index is 0.215. The molecule has 0 heterocycles. The molecule has 0 bridgehead atoms. The highest BCUT2D eigenvalue weighted by Gasteiger charge is 2.21. The third kappa shape index (κ3) is 7.30. The molecular formula is C31H40O4. The van der Waals surface area contributed by atoms with Crippen molar-refractivity contribution in [2.24, 2.45) is 0 Å². The molecule has 3 aromatic rings. The van der Waals surface area contributed by atoms with Crippen LogP contribution >= 0.6 is 0 Å². The molecule has 188 valence electrons. The predicted molar refractivity (Wildman–Crippen MR) is 144 cm³/mol. The first-order valence-electron chi connectivity index (χ1n) is 13.4. The fourth-order valence-electron chi connectivity index (χ4n) is 4.61. The van der Waals surface area contributed by atoms with Crippen molar-refractivity contribution in [2.75, 3.05) is 0 Å². The number of ether oxygens (including phenoxy) is 2. The molecule has 0 atom stereocenters. The summed E-state index contributed by atoms with van der Waals surface area (Å²) in [5.41, 5.74) is 0.982. The van der Waals surface area contributed by atoms with E-state index in [0.717, 1.165) is 65.6 Å². The summed E-state index contributed by atoms with van der Waals surface area (Å²) < 4.78 is 12.0. The highest BCUT2D eigenvalue weighted by Crippen LogP contribution is 2.44. The molecule has 3 aromatic carbocycles. The van der Waals surface area contributed by atoms with Crippen LogP contribution in [0.15, 0.2) is 42.5 Å². The first-order chi connectivity index (χ1) is 17.1. The average Bonchev–Trinajstić information content (AvgIpc) is 2.85. The molecule has 0 saturated heterocycles. The molecule has 0 spiro atoms. The van der Waals surface area contributed by atoms with E-state index in [1.165, 1.54) is 25.7 Å². The Kier molecular flexibility index (Phi) is 10.6. The summed E-state index contributed by atoms with van der Waals surface area (Å²) in [4.78, 5) is 25.6. The first kappa shape index (κ1) is 26.7. The largest absolute Gasteiger partial charge is 0.425 e. The number of benzene rings is 3. The van der Waals surface area contributed by atoms with Gasteiger partial charge in [0.25, 0.3) is 0 Å². The van der Waals surface area contributed by atoms with Crippen LogP contribution in [-0.4, -0.2) is 11.9 Å². The van der Waals surface area contributed by atoms with E-state index in [4.69, 9.17) is 9.47 Å². The molecule has 0 aliphatic heterocycles. The van der Waals surface area contributed by atoms with E-state index >= 15 is 0 Å². The first-order valence-corrected chi connectivity index (χ1v) is 13.4. The normalized spacial score (nSPS) is 11.2. The van der Waals surface area contributed by atoms with E-state index in [1.54, 1.807) is 0 Å². The van der Waals surface area contributed by atoms with Crippen molar-refractivity contribution in [1.29, 1.82) is 0 Å². The van der Waals surface area contributed by atoms with Crippen LogP contribution in [-0.2, 0) is 9.59 Å². The van der Waals surface area contributed by atoms with Crippen LogP contribution < -0.4 is 9.47 Å². The molecule has 35 heavy (non-hydrogen) atoms. The van der Waals surface area contributed by atoms with Gasteiger partial charge in [-0.2, -0.15) is 0 Å². The number of hydrogen-bond donors (Lipinski definition) is 0. The second-order valence-electron chi connectivity index (χ2n) is 9.48. The van der Waals surface area contributed by atoms with E-state index in [9.17, 15) is 9.59 Å². The minimum atomic E-state index is -0.216. The van der Waals surface area contributed by atoms with Crippen molar-refractivity contribution < 1.29 is 19.1 Å². The third-order valence-electron chi connectivity index (χ3n) is 6.56. The molecule has 0 aromatic heterocycles. The summed E-state index contributed by atoms with van der Waals surface area (Å²) in [7, 11) is 0. The van der Waals surface area contributed by atoms with E-state index in [2.05, 4.69) is 13.8 Å². The van der Waals surface area contributed by atoms with Crippen molar-refractivity contribution in [3.05, 3.63) is 48.0 Å². The molecule has 3 rings (SSSR count). The molecule has 0 aliphatic carbocycles. The topological polar surface area (TPSA) is 52.6 Å². The summed E-state index contributed by atoms with van der Waals surface area (Å²) in [6.45, 7) is 6.36. The van der Waals surface area contributed by atoms with Gasteiger partial charge in [0.2, 0.25) is 0 Å². The van der Waals surface area contributed by atoms with E-state index < -0.39 is 0 Å². The third-order valence-corrected chi connectivity index (χ3v) is 6.56. The number of hydrogen-bond acceptors (Lipinski definition) is 4. The Hall–Kier alpha value is -2.88. The molecule has 0 N–H and O–H groups in total. The smallest absolute Gasteiger partial charge is 0.311 e. The van der Waals surface area contributed by atoms with Crippen molar-refractivity contribution in [3.63, 3.8) is 0 Å². The molecule has 0 fully saturated rings. The Bertz CT molecular complexity index is 1130. The number of carbonyl (C=O) groups excluding carboxylic acids is 2. The van der Waals surface area contributed by atoms with Gasteiger partial charge in [-0.3, -0.25) is 9.59 Å². The fraction of sp³-hybridized carbons (Fsp3) is 0.484. The SMILES string of the molecule is CCCCCCCC(=O)Oc1c2ccccc2c(OC(=O)CCCCCCC)c2c(C)cccc12. The van der Waals surface area contributed by atoms with Crippen LogP contribution in [0, 0.1) is 6.92 Å². The number of carbonyl (C=O) groups is 2. The highest BCUT2D eigenvalue weighted by molar-refractivity contribution is 6.13. The van der Waals surface area contributed by atoms with E-state index in [-0.39, 0.29) is 11.9 Å². The number of esters is 2. The van der Waals surface area contributed by atoms with E-state index in [1.807, 2.05) is 49.4 Å². The van der Waals surface area contributed by atoms with Gasteiger partial charge >= 0.3 is 11.9 Å². The van der Waals surface area contributed by atoms with Crippen LogP contribution in [0.25, 0.3) is 21.5 Å². The van der Waals surface area contributed by atoms with Crippen LogP contribution in [0.4, 0.5) is 0 Å². The standard InChI is InChI=1S/C31H40O4/c1-4-6-8-10-12-21-27(32)34-30-24-18-14-15-19-25(24)31(29-23(3)17-16-20-26(29)30)35-28(33)22-13-11-9-7-5-2/h14-20H,4-13,21-22H2,1-3H3. The Labute approximate surface area is 210 Å². The lowest BCUT2D eigenvalue weighted by atomic mass is 9.97. The molecule has 0 amide bonds. The van der Waals surface area contributed by atoms with Crippen molar-refractivity contribution in [3.8, 4) is 11.5 Å². The van der Waals surface area contributed by atoms with Crippen LogP contribution in [0.5, 0.6) is 11.5 Å². The van der Waals surface area contributed by atoms with Crippen molar-refractivity contribution in [2.45, 2.75) is 97.8 Å². The number of fused-ring (bicyclic) bond motifs is 2. The quantitative estimate of drug-likeness (QED) is 0.101. The van der Waals surface area contributed by atoms with Gasteiger partial charge in [0.1, 0.15) is 11.5 Å². The summed E-state index contributed by atoms with van der Waals surface area (Å²) in [5.74, 6) is 0.683. The maximum Gasteiger partial charge on any atom is 0.311 e. The number of rotatable bonds is 14. The van der Waals surface area contributed by atoms with Gasteiger partial charge in [-0.1, -0.05) is 108 Å². The molecule has 4 nitrogen and oxygen atoms in total. The lowest BCUT2D eigenvalue weighted by Gasteiger charge is -2.18. The molecule has 0 aliphatic rings. The van der Waals surface area contributed by atoms with Gasteiger partial charge < -0.3 is 9.47 Å². The Morgan fingerprint density at radius 2 is 1.09 bits per heavy atom. The molecule has 4 heteroatoms. The predicted octanol–water partition coefficient (Wildman–Crippen LogP) is 8.83. The minimum Gasteiger partial charge on any atom is -0.425 e. The molecule has 0 radical (unpaired) electrons. The average molecular weight is 477 g/mol. The molecule has 0 unspecified atom stereocenters. The lowest BCUT2D eigenvalue weighted by molar-refractivity contribution is -0.135. The van der Waals surface area contributed by atoms with Crippen LogP contribution in [0.2, 0.25) is 0 Å².